The number of benzene rings is 1. The van der Waals surface area contributed by atoms with Crippen molar-refractivity contribution in [3.63, 3.8) is 0 Å². The summed E-state index contributed by atoms with van der Waals surface area (Å²) < 4.78 is 1.92. The van der Waals surface area contributed by atoms with Crippen LogP contribution in [0.1, 0.15) is 0 Å². The molecule has 25 heavy (non-hydrogen) atoms. The molecule has 2 aromatic rings. The lowest BCUT2D eigenvalue weighted by Gasteiger charge is -2.45. The fourth-order valence-electron chi connectivity index (χ4n) is 3.67. The van der Waals surface area contributed by atoms with Crippen LogP contribution < -0.4 is 0 Å². The van der Waals surface area contributed by atoms with Crippen LogP contribution in [0.3, 0.4) is 0 Å². The van der Waals surface area contributed by atoms with Crippen molar-refractivity contribution in [3.8, 4) is 0 Å². The first-order valence-corrected chi connectivity index (χ1v) is 8.40. The van der Waals surface area contributed by atoms with Crippen LogP contribution in [0.25, 0.3) is 10.9 Å². The van der Waals surface area contributed by atoms with Crippen LogP contribution in [0.4, 0.5) is 0 Å². The summed E-state index contributed by atoms with van der Waals surface area (Å²) in [7, 11) is 1.63. The highest BCUT2D eigenvalue weighted by Crippen LogP contribution is 2.19. The lowest BCUT2D eigenvalue weighted by atomic mass is 10.1. The molecule has 2 fully saturated rings. The van der Waals surface area contributed by atoms with Gasteiger partial charge in [-0.15, -0.1) is 0 Å². The van der Waals surface area contributed by atoms with E-state index in [-0.39, 0.29) is 37.4 Å². The number of likely N-dealkylation sites (N-methyl/N-ethyl adjacent to an activating group) is 1. The number of aromatic nitrogens is 1. The lowest BCUT2D eigenvalue weighted by Crippen LogP contribution is -2.66. The summed E-state index contributed by atoms with van der Waals surface area (Å²) in [6, 6.07) is 9.35. The summed E-state index contributed by atoms with van der Waals surface area (Å²) in [6.07, 6.45) is 1.90. The molecule has 2 aliphatic heterocycles. The minimum Gasteiger partial charge on any atom is -0.338 e. The van der Waals surface area contributed by atoms with E-state index in [1.165, 1.54) is 4.90 Å². The van der Waals surface area contributed by atoms with Crippen molar-refractivity contribution in [3.05, 3.63) is 36.5 Å². The topological polar surface area (TPSA) is 65.9 Å². The predicted molar refractivity (Wildman–Crippen MR) is 91.7 cm³/mol. The number of fused-ring (bicyclic) bond motifs is 2. The molecule has 130 valence electrons. The highest BCUT2D eigenvalue weighted by molar-refractivity contribution is 5.95. The molecule has 7 nitrogen and oxygen atoms in total. The summed E-state index contributed by atoms with van der Waals surface area (Å²) in [5.74, 6) is -0.173. The Morgan fingerprint density at radius 1 is 1.16 bits per heavy atom. The van der Waals surface area contributed by atoms with Crippen molar-refractivity contribution >= 4 is 28.6 Å². The molecule has 1 atom stereocenters. The predicted octanol–water partition coefficient (Wildman–Crippen LogP) is 0.153. The maximum atomic E-state index is 12.7. The molecule has 0 bridgehead atoms. The Morgan fingerprint density at radius 2 is 1.96 bits per heavy atom. The van der Waals surface area contributed by atoms with Gasteiger partial charge in [0.15, 0.2) is 0 Å². The number of hydrogen-bond acceptors (Lipinski definition) is 3. The van der Waals surface area contributed by atoms with Gasteiger partial charge in [0.05, 0.1) is 13.1 Å². The van der Waals surface area contributed by atoms with Gasteiger partial charge in [0.2, 0.25) is 17.7 Å². The lowest BCUT2D eigenvalue weighted by molar-refractivity contribution is -0.160. The van der Waals surface area contributed by atoms with Crippen LogP contribution in [-0.4, -0.2) is 76.3 Å². The molecule has 3 amide bonds. The quantitative estimate of drug-likeness (QED) is 0.782. The third-order valence-electron chi connectivity index (χ3n) is 5.07. The number of rotatable bonds is 2. The molecule has 2 saturated heterocycles. The monoisotopic (exact) mass is 340 g/mol. The number of hydrogen-bond donors (Lipinski definition) is 0. The van der Waals surface area contributed by atoms with Crippen molar-refractivity contribution in [2.75, 3.05) is 33.2 Å². The molecular formula is C18H20N4O3. The van der Waals surface area contributed by atoms with Gasteiger partial charge in [0.25, 0.3) is 0 Å². The average Bonchev–Trinajstić information content (AvgIpc) is 3.02. The third-order valence-corrected chi connectivity index (χ3v) is 5.07. The fourth-order valence-corrected chi connectivity index (χ4v) is 3.67. The second kappa shape index (κ2) is 5.91. The zero-order chi connectivity index (χ0) is 17.6. The number of amides is 3. The number of nitrogens with zero attached hydrogens (tertiary/aromatic N) is 4. The van der Waals surface area contributed by atoms with Crippen LogP contribution in [-0.2, 0) is 20.9 Å². The Morgan fingerprint density at radius 3 is 2.80 bits per heavy atom. The van der Waals surface area contributed by atoms with E-state index in [2.05, 4.69) is 0 Å². The number of para-hydroxylation sites is 1. The van der Waals surface area contributed by atoms with Crippen LogP contribution in [0.5, 0.6) is 0 Å². The highest BCUT2D eigenvalue weighted by atomic mass is 16.2. The molecule has 0 radical (unpaired) electrons. The first-order chi connectivity index (χ1) is 12.0. The van der Waals surface area contributed by atoms with E-state index in [0.717, 1.165) is 10.9 Å². The highest BCUT2D eigenvalue weighted by Gasteiger charge is 2.42. The zero-order valence-corrected chi connectivity index (χ0v) is 14.1. The van der Waals surface area contributed by atoms with Crippen LogP contribution in [0, 0.1) is 0 Å². The summed E-state index contributed by atoms with van der Waals surface area (Å²) in [5.41, 5.74) is 1.01. The average molecular weight is 340 g/mol. The maximum Gasteiger partial charge on any atom is 0.247 e. The molecule has 7 heteroatoms. The fraction of sp³-hybridized carbons (Fsp3) is 0.389. The zero-order valence-electron chi connectivity index (χ0n) is 14.1. The van der Waals surface area contributed by atoms with Crippen LogP contribution in [0.15, 0.2) is 36.5 Å². The number of piperazine rings is 2. The SMILES string of the molecule is CN1CC(=O)N2CCN(C(=O)Cn3ccc4ccccc43)C[C@@H]2C1=O. The standard InChI is InChI=1S/C18H20N4O3/c1-19-11-17(24)22-9-8-21(10-15(22)18(19)25)16(23)12-20-7-6-13-4-2-3-5-14(13)20/h2-7,15H,8-12H2,1H3/t15-/m1/s1. The summed E-state index contributed by atoms with van der Waals surface area (Å²) in [4.78, 5) is 41.9. The molecule has 0 unspecified atom stereocenters. The molecule has 0 aliphatic carbocycles. The second-order valence-corrected chi connectivity index (χ2v) is 6.64. The first kappa shape index (κ1) is 15.7. The van der Waals surface area contributed by atoms with Gasteiger partial charge in [0.1, 0.15) is 12.6 Å². The van der Waals surface area contributed by atoms with E-state index in [1.54, 1.807) is 16.8 Å². The van der Waals surface area contributed by atoms with Crippen molar-refractivity contribution in [1.29, 1.82) is 0 Å². The molecule has 2 aliphatic rings. The molecule has 1 aromatic carbocycles. The van der Waals surface area contributed by atoms with Gasteiger partial charge in [0, 0.05) is 31.9 Å². The molecule has 0 spiro atoms. The van der Waals surface area contributed by atoms with Crippen molar-refractivity contribution < 1.29 is 14.4 Å². The van der Waals surface area contributed by atoms with Crippen molar-refractivity contribution in [1.82, 2.24) is 19.3 Å². The Labute approximate surface area is 145 Å². The van der Waals surface area contributed by atoms with Gasteiger partial charge < -0.3 is 19.3 Å². The molecule has 0 N–H and O–H groups in total. The molecule has 0 saturated carbocycles. The Balaban J connectivity index is 1.50. The summed E-state index contributed by atoms with van der Waals surface area (Å²) in [6.45, 7) is 1.52. The van der Waals surface area contributed by atoms with E-state index < -0.39 is 6.04 Å². The first-order valence-electron chi connectivity index (χ1n) is 8.40. The van der Waals surface area contributed by atoms with Gasteiger partial charge in [-0.05, 0) is 17.5 Å². The Kier molecular flexibility index (Phi) is 3.71. The van der Waals surface area contributed by atoms with Crippen molar-refractivity contribution in [2.24, 2.45) is 0 Å². The molecule has 4 rings (SSSR count). The third kappa shape index (κ3) is 2.65. The van der Waals surface area contributed by atoms with E-state index in [4.69, 9.17) is 0 Å². The Hall–Kier alpha value is -2.83. The molecule has 3 heterocycles. The minimum atomic E-state index is -0.551. The van der Waals surface area contributed by atoms with E-state index >= 15 is 0 Å². The molecular weight excluding hydrogens is 320 g/mol. The summed E-state index contributed by atoms with van der Waals surface area (Å²) in [5, 5.41) is 1.09. The van der Waals surface area contributed by atoms with E-state index in [9.17, 15) is 14.4 Å². The van der Waals surface area contributed by atoms with Gasteiger partial charge in [-0.3, -0.25) is 14.4 Å². The Bertz CT molecular complexity index is 859. The number of carbonyl (C=O) groups excluding carboxylic acids is 3. The molecule has 1 aromatic heterocycles. The van der Waals surface area contributed by atoms with Crippen LogP contribution in [0.2, 0.25) is 0 Å². The van der Waals surface area contributed by atoms with Gasteiger partial charge >= 0.3 is 0 Å². The normalized spacial score (nSPS) is 21.0. The van der Waals surface area contributed by atoms with E-state index in [0.29, 0.717) is 13.1 Å². The largest absolute Gasteiger partial charge is 0.338 e. The smallest absolute Gasteiger partial charge is 0.247 e. The van der Waals surface area contributed by atoms with Crippen molar-refractivity contribution in [2.45, 2.75) is 12.6 Å². The maximum absolute atomic E-state index is 12.7. The van der Waals surface area contributed by atoms with Gasteiger partial charge in [-0.1, -0.05) is 18.2 Å². The minimum absolute atomic E-state index is 0.0329. The summed E-state index contributed by atoms with van der Waals surface area (Å²) >= 11 is 0. The van der Waals surface area contributed by atoms with Gasteiger partial charge in [-0.2, -0.15) is 0 Å². The second-order valence-electron chi connectivity index (χ2n) is 6.64. The van der Waals surface area contributed by atoms with E-state index in [1.807, 2.05) is 41.1 Å². The number of carbonyl (C=O) groups is 3. The van der Waals surface area contributed by atoms with Crippen LogP contribution >= 0.6 is 0 Å². The van der Waals surface area contributed by atoms with Gasteiger partial charge in [-0.25, -0.2) is 0 Å².